The summed E-state index contributed by atoms with van der Waals surface area (Å²) in [5.74, 6) is 0.146. The Hall–Kier alpha value is -1.10. The third kappa shape index (κ3) is 4.78. The number of benzene rings is 1. The number of hydrogen-bond acceptors (Lipinski definition) is 3. The molecule has 2 N–H and O–H groups in total. The van der Waals surface area contributed by atoms with E-state index in [9.17, 15) is 4.79 Å². The molecule has 0 aliphatic heterocycles. The zero-order chi connectivity index (χ0) is 15.1. The Morgan fingerprint density at radius 2 is 1.95 bits per heavy atom. The molecular formula is C15H24ClN3O. The monoisotopic (exact) mass is 297 g/mol. The molecule has 0 heterocycles. The molecule has 1 rings (SSSR count). The second kappa shape index (κ2) is 8.25. The summed E-state index contributed by atoms with van der Waals surface area (Å²) in [6, 6.07) is 5.83. The van der Waals surface area contributed by atoms with Crippen molar-refractivity contribution in [2.45, 2.75) is 26.9 Å². The Kier molecular flexibility index (Phi) is 6.99. The van der Waals surface area contributed by atoms with Crippen molar-refractivity contribution in [1.82, 2.24) is 9.80 Å². The number of amides is 1. The first kappa shape index (κ1) is 17.0. The van der Waals surface area contributed by atoms with Crippen LogP contribution in [-0.4, -0.2) is 42.4 Å². The highest BCUT2D eigenvalue weighted by molar-refractivity contribution is 6.31. The molecule has 4 nitrogen and oxygen atoms in total. The Morgan fingerprint density at radius 3 is 2.45 bits per heavy atom. The molecule has 0 unspecified atom stereocenters. The Balaban J connectivity index is 2.62. The third-order valence-corrected chi connectivity index (χ3v) is 3.67. The predicted molar refractivity (Wildman–Crippen MR) is 83.6 cm³/mol. The molecule has 0 aliphatic rings. The fourth-order valence-electron chi connectivity index (χ4n) is 2.10. The number of likely N-dealkylation sites (N-methyl/N-ethyl adjacent to an activating group) is 2. The van der Waals surface area contributed by atoms with Gasteiger partial charge in [-0.05, 0) is 38.1 Å². The van der Waals surface area contributed by atoms with Crippen molar-refractivity contribution in [2.24, 2.45) is 5.73 Å². The maximum Gasteiger partial charge on any atom is 0.236 e. The summed E-state index contributed by atoms with van der Waals surface area (Å²) in [5.41, 5.74) is 7.61. The smallest absolute Gasteiger partial charge is 0.236 e. The first-order valence-electron chi connectivity index (χ1n) is 6.95. The minimum Gasteiger partial charge on any atom is -0.342 e. The highest BCUT2D eigenvalue weighted by atomic mass is 35.5. The van der Waals surface area contributed by atoms with Crippen molar-refractivity contribution in [3.05, 3.63) is 34.3 Å². The SMILES string of the molecule is CCN(CC)C(=O)CN(C)Cc1ccc(CN)cc1Cl. The van der Waals surface area contributed by atoms with Crippen LogP contribution in [0.25, 0.3) is 0 Å². The maximum atomic E-state index is 12.0. The van der Waals surface area contributed by atoms with Crippen LogP contribution in [0.15, 0.2) is 18.2 Å². The van der Waals surface area contributed by atoms with Gasteiger partial charge in [0.25, 0.3) is 0 Å². The highest BCUT2D eigenvalue weighted by Crippen LogP contribution is 2.19. The van der Waals surface area contributed by atoms with Crippen molar-refractivity contribution < 1.29 is 4.79 Å². The molecule has 1 aromatic rings. The van der Waals surface area contributed by atoms with Gasteiger partial charge in [0.15, 0.2) is 0 Å². The third-order valence-electron chi connectivity index (χ3n) is 3.31. The first-order valence-corrected chi connectivity index (χ1v) is 7.33. The fraction of sp³-hybridized carbons (Fsp3) is 0.533. The molecule has 0 aliphatic carbocycles. The lowest BCUT2D eigenvalue weighted by molar-refractivity contribution is -0.131. The van der Waals surface area contributed by atoms with Crippen LogP contribution in [-0.2, 0) is 17.9 Å². The van der Waals surface area contributed by atoms with Crippen LogP contribution in [0.1, 0.15) is 25.0 Å². The quantitative estimate of drug-likeness (QED) is 0.838. The van der Waals surface area contributed by atoms with Gasteiger partial charge in [-0.2, -0.15) is 0 Å². The van der Waals surface area contributed by atoms with E-state index < -0.39 is 0 Å². The van der Waals surface area contributed by atoms with Gasteiger partial charge in [0.05, 0.1) is 6.54 Å². The summed E-state index contributed by atoms with van der Waals surface area (Å²) in [7, 11) is 1.93. The molecule has 0 aromatic heterocycles. The molecule has 0 bridgehead atoms. The van der Waals surface area contributed by atoms with Crippen molar-refractivity contribution >= 4 is 17.5 Å². The minimum atomic E-state index is 0.146. The van der Waals surface area contributed by atoms with Gasteiger partial charge in [0.2, 0.25) is 5.91 Å². The van der Waals surface area contributed by atoms with Gasteiger partial charge in [-0.3, -0.25) is 9.69 Å². The maximum absolute atomic E-state index is 12.0. The van der Waals surface area contributed by atoms with Gasteiger partial charge >= 0.3 is 0 Å². The van der Waals surface area contributed by atoms with E-state index in [0.29, 0.717) is 24.7 Å². The molecule has 0 fully saturated rings. The lowest BCUT2D eigenvalue weighted by atomic mass is 10.1. The van der Waals surface area contributed by atoms with Crippen molar-refractivity contribution in [3.63, 3.8) is 0 Å². The number of rotatable bonds is 7. The molecule has 5 heteroatoms. The summed E-state index contributed by atoms with van der Waals surface area (Å²) < 4.78 is 0. The van der Waals surface area contributed by atoms with Gasteiger partial charge < -0.3 is 10.6 Å². The summed E-state index contributed by atoms with van der Waals surface area (Å²) in [6.45, 7) is 7.00. The van der Waals surface area contributed by atoms with E-state index in [4.69, 9.17) is 17.3 Å². The Labute approximate surface area is 126 Å². The lowest BCUT2D eigenvalue weighted by Gasteiger charge is -2.23. The lowest BCUT2D eigenvalue weighted by Crippen LogP contribution is -2.38. The van der Waals surface area contributed by atoms with Gasteiger partial charge in [0, 0.05) is 31.2 Å². The zero-order valence-electron chi connectivity index (χ0n) is 12.5. The molecule has 0 spiro atoms. The van der Waals surface area contributed by atoms with Crippen LogP contribution in [0.2, 0.25) is 5.02 Å². The van der Waals surface area contributed by atoms with E-state index in [1.807, 2.05) is 48.9 Å². The average Bonchev–Trinajstić information content (AvgIpc) is 2.42. The van der Waals surface area contributed by atoms with E-state index in [-0.39, 0.29) is 5.91 Å². The number of carbonyl (C=O) groups is 1. The van der Waals surface area contributed by atoms with E-state index in [2.05, 4.69) is 0 Å². The van der Waals surface area contributed by atoms with Gasteiger partial charge in [-0.1, -0.05) is 23.7 Å². The number of hydrogen-bond donors (Lipinski definition) is 1. The normalized spacial score (nSPS) is 10.9. The summed E-state index contributed by atoms with van der Waals surface area (Å²) in [4.78, 5) is 15.8. The second-order valence-corrected chi connectivity index (χ2v) is 5.28. The Bertz CT molecular complexity index is 447. The van der Waals surface area contributed by atoms with Crippen LogP contribution >= 0.6 is 11.6 Å². The largest absolute Gasteiger partial charge is 0.342 e. The number of nitrogens with two attached hydrogens (primary N) is 1. The zero-order valence-corrected chi connectivity index (χ0v) is 13.3. The van der Waals surface area contributed by atoms with Crippen LogP contribution in [0.4, 0.5) is 0 Å². The predicted octanol–water partition coefficient (Wildman–Crippen LogP) is 2.10. The summed E-state index contributed by atoms with van der Waals surface area (Å²) in [6.07, 6.45) is 0. The van der Waals surface area contributed by atoms with Crippen molar-refractivity contribution in [2.75, 3.05) is 26.7 Å². The van der Waals surface area contributed by atoms with Crippen molar-refractivity contribution in [1.29, 1.82) is 0 Å². The molecule has 0 saturated carbocycles. The van der Waals surface area contributed by atoms with Gasteiger partial charge in [-0.25, -0.2) is 0 Å². The van der Waals surface area contributed by atoms with Crippen LogP contribution in [0.3, 0.4) is 0 Å². The standard InChI is InChI=1S/C15H24ClN3O/c1-4-19(5-2)15(20)11-18(3)10-13-7-6-12(9-17)8-14(13)16/h6-8H,4-5,9-11,17H2,1-3H3. The fourth-order valence-corrected chi connectivity index (χ4v) is 2.36. The van der Waals surface area contributed by atoms with Crippen LogP contribution in [0, 0.1) is 0 Å². The molecular weight excluding hydrogens is 274 g/mol. The molecule has 1 aromatic carbocycles. The van der Waals surface area contributed by atoms with E-state index >= 15 is 0 Å². The van der Waals surface area contributed by atoms with Crippen molar-refractivity contribution in [3.8, 4) is 0 Å². The Morgan fingerprint density at radius 1 is 1.30 bits per heavy atom. The van der Waals surface area contributed by atoms with Crippen LogP contribution in [0.5, 0.6) is 0 Å². The molecule has 20 heavy (non-hydrogen) atoms. The molecule has 0 saturated heterocycles. The topological polar surface area (TPSA) is 49.6 Å². The van der Waals surface area contributed by atoms with E-state index in [1.165, 1.54) is 0 Å². The number of carbonyl (C=O) groups excluding carboxylic acids is 1. The van der Waals surface area contributed by atoms with E-state index in [1.54, 1.807) is 0 Å². The summed E-state index contributed by atoms with van der Waals surface area (Å²) in [5, 5.41) is 0.704. The summed E-state index contributed by atoms with van der Waals surface area (Å²) >= 11 is 6.23. The van der Waals surface area contributed by atoms with Gasteiger partial charge in [0.1, 0.15) is 0 Å². The average molecular weight is 298 g/mol. The molecule has 0 radical (unpaired) electrons. The second-order valence-electron chi connectivity index (χ2n) is 4.87. The highest BCUT2D eigenvalue weighted by Gasteiger charge is 2.13. The molecule has 0 atom stereocenters. The number of halogens is 1. The molecule has 112 valence electrons. The van der Waals surface area contributed by atoms with Gasteiger partial charge in [-0.15, -0.1) is 0 Å². The molecule has 1 amide bonds. The number of nitrogens with zero attached hydrogens (tertiary/aromatic N) is 2. The minimum absolute atomic E-state index is 0.146. The van der Waals surface area contributed by atoms with E-state index in [0.717, 1.165) is 24.2 Å². The first-order chi connectivity index (χ1) is 9.51. The van der Waals surface area contributed by atoms with Crippen LogP contribution < -0.4 is 5.73 Å².